The first-order valence-electron chi connectivity index (χ1n) is 11.6. The highest BCUT2D eigenvalue weighted by atomic mass is 79.9. The first kappa shape index (κ1) is 23.8. The van der Waals surface area contributed by atoms with Crippen LogP contribution in [0.15, 0.2) is 97.6 Å². The number of anilines is 1. The van der Waals surface area contributed by atoms with Crippen molar-refractivity contribution in [3.8, 4) is 11.4 Å². The van der Waals surface area contributed by atoms with Gasteiger partial charge in [0.2, 0.25) is 17.6 Å². The second-order valence-corrected chi connectivity index (χ2v) is 10.5. The van der Waals surface area contributed by atoms with Crippen molar-refractivity contribution in [2.75, 3.05) is 18.4 Å². The normalized spacial score (nSPS) is 16.2. The number of amides is 1. The molecule has 0 radical (unpaired) electrons. The van der Waals surface area contributed by atoms with Crippen molar-refractivity contribution in [2.24, 2.45) is 5.92 Å². The summed E-state index contributed by atoms with van der Waals surface area (Å²) in [7, 11) is 0. The van der Waals surface area contributed by atoms with Crippen molar-refractivity contribution in [3.63, 3.8) is 0 Å². The number of nitrogens with zero attached hydrogens (tertiary/aromatic N) is 3. The standard InChI is InChI=1S/C27H25BrN4O2S/c28-21-14-12-19(13-15-21)26-30-25(34-31-26)18-32-16-6-7-20(17-32)27(33)29-23-10-4-5-11-24(23)35-22-8-2-1-3-9-22/h1-5,8-15,20H,6-7,16-18H2,(H,29,33). The van der Waals surface area contributed by atoms with Gasteiger partial charge in [-0.15, -0.1) is 0 Å². The fraction of sp³-hybridized carbons (Fsp3) is 0.222. The Bertz CT molecular complexity index is 1280. The monoisotopic (exact) mass is 548 g/mol. The zero-order valence-corrected chi connectivity index (χ0v) is 21.5. The van der Waals surface area contributed by atoms with Crippen LogP contribution in [0.1, 0.15) is 18.7 Å². The Kier molecular flexibility index (Phi) is 7.61. The van der Waals surface area contributed by atoms with Gasteiger partial charge < -0.3 is 9.84 Å². The predicted octanol–water partition coefficient (Wildman–Crippen LogP) is 6.50. The molecule has 1 saturated heterocycles. The smallest absolute Gasteiger partial charge is 0.241 e. The molecule has 1 atom stereocenters. The maximum Gasteiger partial charge on any atom is 0.241 e. The number of benzene rings is 3. The number of hydrogen-bond donors (Lipinski definition) is 1. The summed E-state index contributed by atoms with van der Waals surface area (Å²) in [6.07, 6.45) is 1.82. The van der Waals surface area contributed by atoms with E-state index in [0.29, 0.717) is 24.8 Å². The number of hydrogen-bond acceptors (Lipinski definition) is 6. The number of likely N-dealkylation sites (tertiary alicyclic amines) is 1. The molecule has 2 heterocycles. The zero-order chi connectivity index (χ0) is 24.0. The van der Waals surface area contributed by atoms with Crippen molar-refractivity contribution >= 4 is 39.3 Å². The summed E-state index contributed by atoms with van der Waals surface area (Å²) in [5.41, 5.74) is 1.76. The molecule has 6 nitrogen and oxygen atoms in total. The Morgan fingerprint density at radius 3 is 2.66 bits per heavy atom. The van der Waals surface area contributed by atoms with Crippen LogP contribution in [0.5, 0.6) is 0 Å². The molecule has 1 aliphatic rings. The molecule has 8 heteroatoms. The molecule has 1 fully saturated rings. The van der Waals surface area contributed by atoms with Crippen molar-refractivity contribution in [1.82, 2.24) is 15.0 Å². The van der Waals surface area contributed by atoms with E-state index in [9.17, 15) is 4.79 Å². The quantitative estimate of drug-likeness (QED) is 0.284. The Hall–Kier alpha value is -2.94. The average molecular weight is 549 g/mol. The molecule has 4 aromatic rings. The Morgan fingerprint density at radius 1 is 1.06 bits per heavy atom. The van der Waals surface area contributed by atoms with Crippen LogP contribution in [-0.4, -0.2) is 34.0 Å². The van der Waals surface area contributed by atoms with E-state index in [2.05, 4.69) is 48.4 Å². The lowest BCUT2D eigenvalue weighted by Crippen LogP contribution is -2.40. The van der Waals surface area contributed by atoms with Gasteiger partial charge in [0.1, 0.15) is 0 Å². The molecule has 1 aromatic heterocycles. The summed E-state index contributed by atoms with van der Waals surface area (Å²) in [5, 5.41) is 7.30. The van der Waals surface area contributed by atoms with E-state index < -0.39 is 0 Å². The summed E-state index contributed by atoms with van der Waals surface area (Å²) in [5.74, 6) is 1.10. The topological polar surface area (TPSA) is 71.3 Å². The molecular formula is C27H25BrN4O2S. The van der Waals surface area contributed by atoms with E-state index in [-0.39, 0.29) is 11.8 Å². The van der Waals surface area contributed by atoms with E-state index in [1.54, 1.807) is 11.8 Å². The fourth-order valence-electron chi connectivity index (χ4n) is 4.15. The van der Waals surface area contributed by atoms with Gasteiger partial charge in [-0.3, -0.25) is 9.69 Å². The van der Waals surface area contributed by atoms with Crippen LogP contribution >= 0.6 is 27.7 Å². The summed E-state index contributed by atoms with van der Waals surface area (Å²) in [6.45, 7) is 2.10. The molecular weight excluding hydrogens is 524 g/mol. The van der Waals surface area contributed by atoms with Crippen molar-refractivity contribution in [1.29, 1.82) is 0 Å². The van der Waals surface area contributed by atoms with Crippen molar-refractivity contribution in [2.45, 2.75) is 29.2 Å². The van der Waals surface area contributed by atoms with Crippen LogP contribution in [0.25, 0.3) is 11.4 Å². The zero-order valence-electron chi connectivity index (χ0n) is 19.1. The van der Waals surface area contributed by atoms with Crippen LogP contribution < -0.4 is 5.32 Å². The second-order valence-electron chi connectivity index (χ2n) is 8.49. The van der Waals surface area contributed by atoms with Gasteiger partial charge in [-0.1, -0.05) is 63.2 Å². The van der Waals surface area contributed by atoms with E-state index in [4.69, 9.17) is 4.52 Å². The molecule has 5 rings (SSSR count). The molecule has 0 aliphatic carbocycles. The van der Waals surface area contributed by atoms with Crippen LogP contribution in [0, 0.1) is 5.92 Å². The minimum absolute atomic E-state index is 0.0527. The number of nitrogens with one attached hydrogen (secondary N) is 1. The molecule has 35 heavy (non-hydrogen) atoms. The SMILES string of the molecule is O=C(Nc1ccccc1Sc1ccccc1)C1CCCN(Cc2nc(-c3ccc(Br)cc3)no2)C1. The first-order chi connectivity index (χ1) is 17.1. The van der Waals surface area contributed by atoms with Gasteiger partial charge in [-0.05, 0) is 67.9 Å². The largest absolute Gasteiger partial charge is 0.338 e. The minimum Gasteiger partial charge on any atom is -0.338 e. The van der Waals surface area contributed by atoms with Gasteiger partial charge in [0, 0.05) is 26.4 Å². The van der Waals surface area contributed by atoms with Crippen LogP contribution in [0.4, 0.5) is 5.69 Å². The van der Waals surface area contributed by atoms with Gasteiger partial charge in [-0.25, -0.2) is 0 Å². The first-order valence-corrected chi connectivity index (χ1v) is 13.2. The highest BCUT2D eigenvalue weighted by Crippen LogP contribution is 2.33. The van der Waals surface area contributed by atoms with Crippen LogP contribution in [-0.2, 0) is 11.3 Å². The van der Waals surface area contributed by atoms with Gasteiger partial charge in [0.25, 0.3) is 0 Å². The van der Waals surface area contributed by atoms with E-state index in [1.807, 2.05) is 66.7 Å². The average Bonchev–Trinajstić information content (AvgIpc) is 3.35. The molecule has 1 amide bonds. The number of piperidine rings is 1. The third kappa shape index (κ3) is 6.20. The summed E-state index contributed by atoms with van der Waals surface area (Å²) in [4.78, 5) is 22.1. The van der Waals surface area contributed by atoms with Gasteiger partial charge >= 0.3 is 0 Å². The highest BCUT2D eigenvalue weighted by molar-refractivity contribution is 9.10. The highest BCUT2D eigenvalue weighted by Gasteiger charge is 2.27. The molecule has 3 aromatic carbocycles. The maximum absolute atomic E-state index is 13.2. The third-order valence-corrected chi connectivity index (χ3v) is 7.53. The fourth-order valence-corrected chi connectivity index (χ4v) is 5.34. The summed E-state index contributed by atoms with van der Waals surface area (Å²) < 4.78 is 6.50. The number of carbonyl (C=O) groups is 1. The van der Waals surface area contributed by atoms with Gasteiger partial charge in [0.15, 0.2) is 0 Å². The Balaban J connectivity index is 1.21. The maximum atomic E-state index is 13.2. The molecule has 1 N–H and O–H groups in total. The number of aromatic nitrogens is 2. The van der Waals surface area contributed by atoms with E-state index in [0.717, 1.165) is 44.9 Å². The molecule has 0 bridgehead atoms. The second kappa shape index (κ2) is 11.2. The number of halogens is 1. The lowest BCUT2D eigenvalue weighted by Gasteiger charge is -2.31. The molecule has 178 valence electrons. The molecule has 1 unspecified atom stereocenters. The van der Waals surface area contributed by atoms with Crippen molar-refractivity contribution in [3.05, 3.63) is 89.2 Å². The third-order valence-electron chi connectivity index (χ3n) is 5.92. The number of para-hydroxylation sites is 1. The van der Waals surface area contributed by atoms with Gasteiger partial charge in [-0.2, -0.15) is 4.98 Å². The Morgan fingerprint density at radius 2 is 1.83 bits per heavy atom. The number of rotatable bonds is 7. The number of carbonyl (C=O) groups excluding carboxylic acids is 1. The predicted molar refractivity (Wildman–Crippen MR) is 141 cm³/mol. The summed E-state index contributed by atoms with van der Waals surface area (Å²) in [6, 6.07) is 26.0. The lowest BCUT2D eigenvalue weighted by molar-refractivity contribution is -0.121. The Labute approximate surface area is 217 Å². The van der Waals surface area contributed by atoms with Gasteiger partial charge in [0.05, 0.1) is 18.2 Å². The molecule has 1 aliphatic heterocycles. The van der Waals surface area contributed by atoms with Crippen LogP contribution in [0.3, 0.4) is 0 Å². The van der Waals surface area contributed by atoms with Crippen molar-refractivity contribution < 1.29 is 9.32 Å². The minimum atomic E-state index is -0.0904. The van der Waals surface area contributed by atoms with E-state index >= 15 is 0 Å². The molecule has 0 saturated carbocycles. The summed E-state index contributed by atoms with van der Waals surface area (Å²) >= 11 is 5.09. The van der Waals surface area contributed by atoms with Crippen LogP contribution in [0.2, 0.25) is 0 Å². The lowest BCUT2D eigenvalue weighted by atomic mass is 9.97. The van der Waals surface area contributed by atoms with E-state index in [1.165, 1.54) is 0 Å². The molecule has 0 spiro atoms.